The summed E-state index contributed by atoms with van der Waals surface area (Å²) in [7, 11) is 0. The Morgan fingerprint density at radius 2 is 1.85 bits per heavy atom. The van der Waals surface area contributed by atoms with Gasteiger partial charge in [-0.05, 0) is 49.2 Å². The molecule has 1 N–H and O–H groups in total. The molecule has 0 saturated carbocycles. The number of nitrogens with one attached hydrogen (secondary N) is 1. The molecule has 1 unspecified atom stereocenters. The molecule has 0 aliphatic carbocycles. The molecule has 0 spiro atoms. The second-order valence-electron chi connectivity index (χ2n) is 4.83. The largest absolute Gasteiger partial charge is 0.492 e. The molecule has 0 fully saturated rings. The summed E-state index contributed by atoms with van der Waals surface area (Å²) < 4.78 is 5.86. The van der Waals surface area contributed by atoms with Crippen molar-refractivity contribution in [2.24, 2.45) is 0 Å². The Kier molecular flexibility index (Phi) is 6.06. The van der Waals surface area contributed by atoms with Crippen LogP contribution in [0.15, 0.2) is 54.9 Å². The van der Waals surface area contributed by atoms with Crippen molar-refractivity contribution in [2.75, 3.05) is 13.2 Å². The summed E-state index contributed by atoms with van der Waals surface area (Å²) in [5, 5.41) is 3.54. The number of pyridine rings is 1. The lowest BCUT2D eigenvalue weighted by Crippen LogP contribution is -2.37. The Balaban J connectivity index is 1.89. The maximum atomic E-state index is 5.86. The number of hydrogen-bond donors (Lipinski definition) is 1. The first-order valence-electron chi connectivity index (χ1n) is 7.18. The van der Waals surface area contributed by atoms with Gasteiger partial charge in [-0.1, -0.05) is 25.1 Å². The average molecular weight is 270 g/mol. The number of para-hydroxylation sites is 1. The highest BCUT2D eigenvalue weighted by Gasteiger charge is 2.09. The van der Waals surface area contributed by atoms with Crippen LogP contribution in [0.25, 0.3) is 0 Å². The highest BCUT2D eigenvalue weighted by Crippen LogP contribution is 2.10. The topological polar surface area (TPSA) is 34.1 Å². The fourth-order valence-electron chi connectivity index (χ4n) is 2.06. The maximum absolute atomic E-state index is 5.86. The first-order chi connectivity index (χ1) is 9.88. The highest BCUT2D eigenvalue weighted by molar-refractivity contribution is 5.21. The minimum Gasteiger partial charge on any atom is -0.492 e. The zero-order valence-electron chi connectivity index (χ0n) is 12.0. The summed E-state index contributed by atoms with van der Waals surface area (Å²) in [6.45, 7) is 3.86. The number of nitrogens with zero attached hydrogens (tertiary/aromatic N) is 1. The number of ether oxygens (including phenoxy) is 1. The van der Waals surface area contributed by atoms with Gasteiger partial charge in [-0.25, -0.2) is 0 Å². The van der Waals surface area contributed by atoms with Crippen molar-refractivity contribution in [3.05, 3.63) is 60.4 Å². The number of aromatic nitrogens is 1. The Hall–Kier alpha value is -1.87. The van der Waals surface area contributed by atoms with E-state index in [2.05, 4.69) is 29.4 Å². The Bertz CT molecular complexity index is 473. The van der Waals surface area contributed by atoms with Crippen LogP contribution < -0.4 is 10.1 Å². The van der Waals surface area contributed by atoms with E-state index in [0.717, 1.165) is 25.1 Å². The number of rotatable bonds is 8. The molecule has 0 aliphatic rings. The zero-order chi connectivity index (χ0) is 14.0. The molecule has 3 nitrogen and oxygen atoms in total. The van der Waals surface area contributed by atoms with Gasteiger partial charge in [-0.15, -0.1) is 0 Å². The predicted octanol–water partition coefficient (Wildman–Crippen LogP) is 3.07. The fraction of sp³-hybridized carbons (Fsp3) is 0.353. The number of benzene rings is 1. The van der Waals surface area contributed by atoms with E-state index in [1.54, 1.807) is 0 Å². The molecule has 106 valence electrons. The van der Waals surface area contributed by atoms with Crippen molar-refractivity contribution in [1.29, 1.82) is 0 Å². The standard InChI is InChI=1S/C17H22N2O/c1-2-10-19-16(13-15-8-11-18-12-9-15)14-20-17-6-4-3-5-7-17/h3-9,11-12,16,19H,2,10,13-14H2,1H3. The predicted molar refractivity (Wildman–Crippen MR) is 82.0 cm³/mol. The Morgan fingerprint density at radius 3 is 2.55 bits per heavy atom. The summed E-state index contributed by atoms with van der Waals surface area (Å²) >= 11 is 0. The molecular formula is C17H22N2O. The minimum absolute atomic E-state index is 0.317. The van der Waals surface area contributed by atoms with Gasteiger partial charge in [0.1, 0.15) is 12.4 Å². The molecule has 3 heteroatoms. The van der Waals surface area contributed by atoms with E-state index < -0.39 is 0 Å². The van der Waals surface area contributed by atoms with Gasteiger partial charge in [0.2, 0.25) is 0 Å². The van der Waals surface area contributed by atoms with Gasteiger partial charge < -0.3 is 10.1 Å². The smallest absolute Gasteiger partial charge is 0.119 e. The first kappa shape index (κ1) is 14.5. The van der Waals surface area contributed by atoms with Crippen LogP contribution >= 0.6 is 0 Å². The van der Waals surface area contributed by atoms with Crippen LogP contribution in [0.1, 0.15) is 18.9 Å². The molecule has 0 bridgehead atoms. The van der Waals surface area contributed by atoms with Crippen LogP contribution in [0.2, 0.25) is 0 Å². The Morgan fingerprint density at radius 1 is 1.10 bits per heavy atom. The van der Waals surface area contributed by atoms with Crippen LogP contribution in [0.4, 0.5) is 0 Å². The summed E-state index contributed by atoms with van der Waals surface area (Å²) in [5.41, 5.74) is 1.28. The molecule has 0 aliphatic heterocycles. The summed E-state index contributed by atoms with van der Waals surface area (Å²) in [4.78, 5) is 4.06. The maximum Gasteiger partial charge on any atom is 0.119 e. The van der Waals surface area contributed by atoms with Gasteiger partial charge in [-0.3, -0.25) is 4.98 Å². The molecule has 1 aromatic heterocycles. The van der Waals surface area contributed by atoms with Crippen molar-refractivity contribution in [3.63, 3.8) is 0 Å². The van der Waals surface area contributed by atoms with Crippen LogP contribution in [0.3, 0.4) is 0 Å². The quantitative estimate of drug-likeness (QED) is 0.800. The summed E-state index contributed by atoms with van der Waals surface area (Å²) in [6, 6.07) is 14.4. The van der Waals surface area contributed by atoms with E-state index in [4.69, 9.17) is 4.74 Å². The van der Waals surface area contributed by atoms with Crippen LogP contribution in [0.5, 0.6) is 5.75 Å². The van der Waals surface area contributed by atoms with Gasteiger partial charge >= 0.3 is 0 Å². The van der Waals surface area contributed by atoms with E-state index in [1.165, 1.54) is 5.56 Å². The fourth-order valence-corrected chi connectivity index (χ4v) is 2.06. The summed E-state index contributed by atoms with van der Waals surface area (Å²) in [5.74, 6) is 0.922. The van der Waals surface area contributed by atoms with Gasteiger partial charge in [0.05, 0.1) is 0 Å². The van der Waals surface area contributed by atoms with Crippen LogP contribution in [0, 0.1) is 0 Å². The van der Waals surface area contributed by atoms with Gasteiger partial charge in [0.25, 0.3) is 0 Å². The molecule has 20 heavy (non-hydrogen) atoms. The van der Waals surface area contributed by atoms with Gasteiger partial charge in [0.15, 0.2) is 0 Å². The first-order valence-corrected chi connectivity index (χ1v) is 7.18. The van der Waals surface area contributed by atoms with Crippen LogP contribution in [-0.4, -0.2) is 24.2 Å². The lowest BCUT2D eigenvalue weighted by molar-refractivity contribution is 0.263. The molecule has 1 aromatic carbocycles. The average Bonchev–Trinajstić information content (AvgIpc) is 2.52. The van der Waals surface area contributed by atoms with Crippen molar-refractivity contribution in [3.8, 4) is 5.75 Å². The monoisotopic (exact) mass is 270 g/mol. The molecule has 2 aromatic rings. The van der Waals surface area contributed by atoms with Crippen molar-refractivity contribution >= 4 is 0 Å². The molecular weight excluding hydrogens is 248 g/mol. The third kappa shape index (κ3) is 5.02. The van der Waals surface area contributed by atoms with Gasteiger partial charge in [0, 0.05) is 18.4 Å². The molecule has 2 rings (SSSR count). The van der Waals surface area contributed by atoms with E-state index in [1.807, 2.05) is 42.7 Å². The van der Waals surface area contributed by atoms with E-state index in [-0.39, 0.29) is 0 Å². The lowest BCUT2D eigenvalue weighted by atomic mass is 10.1. The van der Waals surface area contributed by atoms with Crippen molar-refractivity contribution in [2.45, 2.75) is 25.8 Å². The van der Waals surface area contributed by atoms with Crippen LogP contribution in [-0.2, 0) is 6.42 Å². The second-order valence-corrected chi connectivity index (χ2v) is 4.83. The van der Waals surface area contributed by atoms with Crippen molar-refractivity contribution < 1.29 is 4.74 Å². The minimum atomic E-state index is 0.317. The highest BCUT2D eigenvalue weighted by atomic mass is 16.5. The van der Waals surface area contributed by atoms with E-state index in [0.29, 0.717) is 12.6 Å². The third-order valence-electron chi connectivity index (χ3n) is 3.11. The molecule has 1 heterocycles. The van der Waals surface area contributed by atoms with E-state index >= 15 is 0 Å². The molecule has 0 amide bonds. The molecule has 1 atom stereocenters. The Labute approximate surface area is 121 Å². The van der Waals surface area contributed by atoms with E-state index in [9.17, 15) is 0 Å². The van der Waals surface area contributed by atoms with Crippen molar-refractivity contribution in [1.82, 2.24) is 10.3 Å². The summed E-state index contributed by atoms with van der Waals surface area (Å²) in [6.07, 6.45) is 5.75. The molecule has 0 radical (unpaired) electrons. The lowest BCUT2D eigenvalue weighted by Gasteiger charge is -2.19. The number of hydrogen-bond acceptors (Lipinski definition) is 3. The normalized spacial score (nSPS) is 12.1. The zero-order valence-corrected chi connectivity index (χ0v) is 12.0. The molecule has 0 saturated heterocycles. The second kappa shape index (κ2) is 8.33. The van der Waals surface area contributed by atoms with Gasteiger partial charge in [-0.2, -0.15) is 0 Å². The SMILES string of the molecule is CCCNC(COc1ccccc1)Cc1ccncc1. The third-order valence-corrected chi connectivity index (χ3v) is 3.11.